The van der Waals surface area contributed by atoms with Crippen LogP contribution in [0, 0.1) is 0 Å². The molecular weight excluding hydrogens is 254 g/mol. The molecule has 5 nitrogen and oxygen atoms in total. The summed E-state index contributed by atoms with van der Waals surface area (Å²) >= 11 is 0. The number of amides is 1. The maximum absolute atomic E-state index is 11.4. The van der Waals surface area contributed by atoms with Crippen molar-refractivity contribution in [2.24, 2.45) is 16.0 Å². The van der Waals surface area contributed by atoms with Crippen molar-refractivity contribution < 1.29 is 9.53 Å². The molecule has 0 radical (unpaired) electrons. The number of ether oxygens (including phenoxy) is 1. The zero-order valence-corrected chi connectivity index (χ0v) is 10.7. The number of hydrogen-bond donors (Lipinski definition) is 1. The van der Waals surface area contributed by atoms with E-state index in [1.54, 1.807) is 0 Å². The van der Waals surface area contributed by atoms with Crippen molar-refractivity contribution in [2.75, 3.05) is 6.61 Å². The van der Waals surface area contributed by atoms with E-state index in [2.05, 4.69) is 10.2 Å². The molecule has 2 aromatic carbocycles. The maximum Gasteiger partial charge on any atom is 0.295 e. The van der Waals surface area contributed by atoms with Crippen LogP contribution in [0.2, 0.25) is 0 Å². The molecule has 1 aliphatic rings. The lowest BCUT2D eigenvalue weighted by molar-refractivity contribution is -0.114. The molecule has 100 valence electrons. The molecule has 0 aliphatic carbocycles. The number of hydrogen-bond acceptors (Lipinski definition) is 4. The highest BCUT2D eigenvalue weighted by Gasteiger charge is 2.19. The molecule has 2 N–H and O–H groups in total. The van der Waals surface area contributed by atoms with E-state index in [0.29, 0.717) is 18.6 Å². The van der Waals surface area contributed by atoms with Gasteiger partial charge in [0.2, 0.25) is 0 Å². The van der Waals surface area contributed by atoms with Crippen molar-refractivity contribution in [2.45, 2.75) is 6.42 Å². The summed E-state index contributed by atoms with van der Waals surface area (Å²) in [5, 5.41) is 9.12. The predicted octanol–water partition coefficient (Wildman–Crippen LogP) is 2.77. The SMILES string of the molecule is NC1=C(CCOc2cccc3ccccc23)C(=O)N=N1. The molecular formula is C15H13N3O2. The van der Waals surface area contributed by atoms with Gasteiger partial charge in [-0.1, -0.05) is 36.4 Å². The summed E-state index contributed by atoms with van der Waals surface area (Å²) in [6.07, 6.45) is 0.404. The van der Waals surface area contributed by atoms with Gasteiger partial charge in [-0.25, -0.2) is 0 Å². The second-order valence-electron chi connectivity index (χ2n) is 4.44. The Morgan fingerprint density at radius 2 is 1.85 bits per heavy atom. The topological polar surface area (TPSA) is 77.0 Å². The van der Waals surface area contributed by atoms with E-state index in [-0.39, 0.29) is 11.7 Å². The van der Waals surface area contributed by atoms with Crippen LogP contribution in [0.1, 0.15) is 6.42 Å². The fraction of sp³-hybridized carbons (Fsp3) is 0.133. The zero-order valence-electron chi connectivity index (χ0n) is 10.7. The minimum atomic E-state index is -0.371. The minimum absolute atomic E-state index is 0.191. The summed E-state index contributed by atoms with van der Waals surface area (Å²) in [6.45, 7) is 0.362. The van der Waals surface area contributed by atoms with Crippen LogP contribution in [0.5, 0.6) is 5.75 Å². The first kappa shape index (κ1) is 12.3. The van der Waals surface area contributed by atoms with Crippen molar-refractivity contribution in [3.63, 3.8) is 0 Å². The normalized spacial score (nSPS) is 14.3. The number of nitrogens with two attached hydrogens (primary N) is 1. The fourth-order valence-corrected chi connectivity index (χ4v) is 2.15. The van der Waals surface area contributed by atoms with Gasteiger partial charge in [0.25, 0.3) is 5.91 Å². The zero-order chi connectivity index (χ0) is 13.9. The molecule has 0 bridgehead atoms. The number of carbonyl (C=O) groups excluding carboxylic acids is 1. The number of nitrogens with zero attached hydrogens (tertiary/aromatic N) is 2. The standard InChI is InChI=1S/C15H13N3O2/c16-14-12(15(19)18-17-14)8-9-20-13-7-3-5-10-4-1-2-6-11(10)13/h1-7H,8-9,16H2. The van der Waals surface area contributed by atoms with Crippen LogP contribution >= 0.6 is 0 Å². The molecule has 0 saturated carbocycles. The third-order valence-electron chi connectivity index (χ3n) is 3.18. The van der Waals surface area contributed by atoms with E-state index < -0.39 is 0 Å². The quantitative estimate of drug-likeness (QED) is 0.925. The molecule has 0 spiro atoms. The van der Waals surface area contributed by atoms with Gasteiger partial charge in [-0.05, 0) is 11.5 Å². The highest BCUT2D eigenvalue weighted by Crippen LogP contribution is 2.25. The third-order valence-corrected chi connectivity index (χ3v) is 3.18. The van der Waals surface area contributed by atoms with Crippen LogP contribution in [-0.4, -0.2) is 12.5 Å². The average molecular weight is 267 g/mol. The minimum Gasteiger partial charge on any atom is -0.493 e. The number of rotatable bonds is 4. The third kappa shape index (κ3) is 2.25. The first-order valence-electron chi connectivity index (χ1n) is 6.31. The van der Waals surface area contributed by atoms with Gasteiger partial charge in [-0.15, -0.1) is 10.2 Å². The molecule has 1 aliphatic heterocycles. The van der Waals surface area contributed by atoms with Gasteiger partial charge in [0, 0.05) is 11.8 Å². The van der Waals surface area contributed by atoms with Crippen LogP contribution in [-0.2, 0) is 4.79 Å². The van der Waals surface area contributed by atoms with Crippen molar-refractivity contribution >= 4 is 16.7 Å². The molecule has 20 heavy (non-hydrogen) atoms. The Hall–Kier alpha value is -2.69. The maximum atomic E-state index is 11.4. The van der Waals surface area contributed by atoms with Crippen molar-refractivity contribution in [1.29, 1.82) is 0 Å². The Labute approximate surface area is 115 Å². The lowest BCUT2D eigenvalue weighted by atomic mass is 10.1. The van der Waals surface area contributed by atoms with E-state index in [4.69, 9.17) is 10.5 Å². The lowest BCUT2D eigenvalue weighted by Crippen LogP contribution is -2.07. The highest BCUT2D eigenvalue weighted by molar-refractivity contribution is 5.96. The van der Waals surface area contributed by atoms with Gasteiger partial charge in [0.05, 0.1) is 12.2 Å². The molecule has 5 heteroatoms. The Morgan fingerprint density at radius 1 is 1.05 bits per heavy atom. The number of azo groups is 1. The van der Waals surface area contributed by atoms with E-state index in [1.807, 2.05) is 42.5 Å². The van der Waals surface area contributed by atoms with Crippen molar-refractivity contribution in [3.8, 4) is 5.75 Å². The number of carbonyl (C=O) groups is 1. The highest BCUT2D eigenvalue weighted by atomic mass is 16.5. The number of fused-ring (bicyclic) bond motifs is 1. The van der Waals surface area contributed by atoms with E-state index >= 15 is 0 Å². The molecule has 1 heterocycles. The average Bonchev–Trinajstić information content (AvgIpc) is 2.79. The molecule has 3 rings (SSSR count). The predicted molar refractivity (Wildman–Crippen MR) is 75.1 cm³/mol. The van der Waals surface area contributed by atoms with Crippen LogP contribution < -0.4 is 10.5 Å². The summed E-state index contributed by atoms with van der Waals surface area (Å²) in [6, 6.07) is 13.9. The Balaban J connectivity index is 1.72. The molecule has 2 aromatic rings. The van der Waals surface area contributed by atoms with Gasteiger partial charge in [-0.2, -0.15) is 0 Å². The van der Waals surface area contributed by atoms with Crippen LogP contribution in [0.4, 0.5) is 0 Å². The van der Waals surface area contributed by atoms with Crippen molar-refractivity contribution in [3.05, 3.63) is 53.9 Å². The van der Waals surface area contributed by atoms with Gasteiger partial charge >= 0.3 is 0 Å². The second kappa shape index (κ2) is 5.13. The molecule has 0 aromatic heterocycles. The second-order valence-corrected chi connectivity index (χ2v) is 4.44. The van der Waals surface area contributed by atoms with Gasteiger partial charge < -0.3 is 10.5 Å². The Morgan fingerprint density at radius 3 is 2.65 bits per heavy atom. The first-order chi connectivity index (χ1) is 9.75. The van der Waals surface area contributed by atoms with Crippen LogP contribution in [0.15, 0.2) is 64.1 Å². The summed E-state index contributed by atoms with van der Waals surface area (Å²) in [7, 11) is 0. The largest absolute Gasteiger partial charge is 0.493 e. The molecule has 1 amide bonds. The molecule has 0 unspecified atom stereocenters. The van der Waals surface area contributed by atoms with E-state index in [9.17, 15) is 4.79 Å². The van der Waals surface area contributed by atoms with Crippen molar-refractivity contribution in [1.82, 2.24) is 0 Å². The number of benzene rings is 2. The molecule has 0 saturated heterocycles. The van der Waals surface area contributed by atoms with E-state index in [0.717, 1.165) is 16.5 Å². The van der Waals surface area contributed by atoms with Crippen LogP contribution in [0.3, 0.4) is 0 Å². The van der Waals surface area contributed by atoms with Gasteiger partial charge in [-0.3, -0.25) is 4.79 Å². The van der Waals surface area contributed by atoms with E-state index in [1.165, 1.54) is 0 Å². The molecule has 0 atom stereocenters. The van der Waals surface area contributed by atoms with Crippen LogP contribution in [0.25, 0.3) is 10.8 Å². The monoisotopic (exact) mass is 267 g/mol. The smallest absolute Gasteiger partial charge is 0.295 e. The summed E-state index contributed by atoms with van der Waals surface area (Å²) in [4.78, 5) is 11.4. The van der Waals surface area contributed by atoms with Gasteiger partial charge in [0.15, 0.2) is 5.82 Å². The fourth-order valence-electron chi connectivity index (χ4n) is 2.15. The lowest BCUT2D eigenvalue weighted by Gasteiger charge is -2.09. The molecule has 0 fully saturated rings. The van der Waals surface area contributed by atoms with Gasteiger partial charge in [0.1, 0.15) is 5.75 Å². The Bertz CT molecular complexity index is 729. The Kier molecular flexibility index (Phi) is 3.16. The summed E-state index contributed by atoms with van der Waals surface area (Å²) in [5.74, 6) is 0.613. The summed E-state index contributed by atoms with van der Waals surface area (Å²) in [5.41, 5.74) is 6.00. The summed E-state index contributed by atoms with van der Waals surface area (Å²) < 4.78 is 5.75. The first-order valence-corrected chi connectivity index (χ1v) is 6.31.